The van der Waals surface area contributed by atoms with E-state index in [1.54, 1.807) is 0 Å². The average molecular weight is 206 g/mol. The van der Waals surface area contributed by atoms with Crippen molar-refractivity contribution >= 4 is 5.78 Å². The number of hydrogen-bond acceptors (Lipinski definition) is 1. The molecule has 0 bridgehead atoms. The molecule has 1 fully saturated rings. The van der Waals surface area contributed by atoms with Gasteiger partial charge in [-0.05, 0) is 18.9 Å². The van der Waals surface area contributed by atoms with Gasteiger partial charge in [-0.3, -0.25) is 4.79 Å². The van der Waals surface area contributed by atoms with E-state index in [4.69, 9.17) is 0 Å². The Hall–Kier alpha value is -0.800. The minimum atomic E-state index is -4.37. The summed E-state index contributed by atoms with van der Waals surface area (Å²) >= 11 is 0. The topological polar surface area (TPSA) is 17.1 Å². The van der Waals surface area contributed by atoms with E-state index in [1.807, 2.05) is 0 Å². The maximum atomic E-state index is 11.7. The zero-order valence-corrected chi connectivity index (χ0v) is 7.81. The molecule has 0 heterocycles. The minimum absolute atomic E-state index is 0.0317. The van der Waals surface area contributed by atoms with Crippen molar-refractivity contribution in [3.63, 3.8) is 0 Å². The quantitative estimate of drug-likeness (QED) is 0.634. The van der Waals surface area contributed by atoms with Crippen molar-refractivity contribution in [3.05, 3.63) is 12.2 Å². The summed E-state index contributed by atoms with van der Waals surface area (Å²) in [7, 11) is 0. The Bertz CT molecular complexity index is 224. The predicted molar refractivity (Wildman–Crippen MR) is 46.8 cm³/mol. The first-order chi connectivity index (χ1) is 6.49. The molecule has 80 valence electrons. The number of hydrogen-bond donors (Lipinski definition) is 0. The molecule has 0 saturated heterocycles. The van der Waals surface area contributed by atoms with E-state index in [0.717, 1.165) is 32.1 Å². The molecule has 0 aromatic rings. The molecule has 1 aliphatic carbocycles. The molecule has 0 spiro atoms. The van der Waals surface area contributed by atoms with Crippen molar-refractivity contribution in [1.82, 2.24) is 0 Å². The lowest BCUT2D eigenvalue weighted by atomic mass is 9.86. The van der Waals surface area contributed by atoms with Gasteiger partial charge in [-0.15, -0.1) is 0 Å². The lowest BCUT2D eigenvalue weighted by Gasteiger charge is -2.18. The van der Waals surface area contributed by atoms with Crippen LogP contribution in [0.3, 0.4) is 0 Å². The molecule has 4 heteroatoms. The summed E-state index contributed by atoms with van der Waals surface area (Å²) in [5, 5.41) is 0. The number of carbonyl (C=O) groups is 1. The second-order valence-electron chi connectivity index (χ2n) is 3.61. The first-order valence-corrected chi connectivity index (χ1v) is 4.79. The normalized spacial score (nSPS) is 20.2. The van der Waals surface area contributed by atoms with Gasteiger partial charge in [-0.25, -0.2) is 0 Å². The summed E-state index contributed by atoms with van der Waals surface area (Å²) in [6.45, 7) is 0. The first-order valence-electron chi connectivity index (χ1n) is 4.79. The van der Waals surface area contributed by atoms with Crippen molar-refractivity contribution in [1.29, 1.82) is 0 Å². The average Bonchev–Trinajstić information content (AvgIpc) is 2.14. The molecule has 0 radical (unpaired) electrons. The Balaban J connectivity index is 2.44. The number of rotatable bonds is 2. The van der Waals surface area contributed by atoms with Gasteiger partial charge in [0.15, 0.2) is 5.78 Å². The molecule has 0 aliphatic heterocycles. The van der Waals surface area contributed by atoms with Crippen molar-refractivity contribution in [3.8, 4) is 0 Å². The smallest absolute Gasteiger partial charge is 0.295 e. The highest BCUT2D eigenvalue weighted by Crippen LogP contribution is 2.25. The number of halogens is 3. The first kappa shape index (κ1) is 11.3. The van der Waals surface area contributed by atoms with Gasteiger partial charge in [0.05, 0.1) is 0 Å². The fourth-order valence-electron chi connectivity index (χ4n) is 1.70. The summed E-state index contributed by atoms with van der Waals surface area (Å²) in [6, 6.07) is 0. The highest BCUT2D eigenvalue weighted by atomic mass is 19.4. The monoisotopic (exact) mass is 206 g/mol. The molecular formula is C10H13F3O. The number of ketones is 1. The third kappa shape index (κ3) is 3.94. The van der Waals surface area contributed by atoms with Crippen LogP contribution in [0.1, 0.15) is 32.1 Å². The molecule has 14 heavy (non-hydrogen) atoms. The Labute approximate surface area is 81.0 Å². The summed E-state index contributed by atoms with van der Waals surface area (Å²) < 4.78 is 35.2. The minimum Gasteiger partial charge on any atom is -0.295 e. The molecule has 0 aromatic heterocycles. The Morgan fingerprint density at radius 1 is 1.14 bits per heavy atom. The van der Waals surface area contributed by atoms with Crippen LogP contribution in [0.5, 0.6) is 0 Å². The summed E-state index contributed by atoms with van der Waals surface area (Å²) in [4.78, 5) is 11.3. The largest absolute Gasteiger partial charge is 0.409 e. The van der Waals surface area contributed by atoms with Crippen LogP contribution in [0.15, 0.2) is 12.2 Å². The van der Waals surface area contributed by atoms with E-state index >= 15 is 0 Å². The highest BCUT2D eigenvalue weighted by molar-refractivity contribution is 5.91. The molecule has 0 atom stereocenters. The predicted octanol–water partition coefficient (Wildman–Crippen LogP) is 3.25. The van der Waals surface area contributed by atoms with Gasteiger partial charge in [-0.2, -0.15) is 13.2 Å². The van der Waals surface area contributed by atoms with E-state index in [9.17, 15) is 18.0 Å². The molecule has 0 N–H and O–H groups in total. The van der Waals surface area contributed by atoms with Crippen molar-refractivity contribution < 1.29 is 18.0 Å². The Morgan fingerprint density at radius 3 is 2.21 bits per heavy atom. The van der Waals surface area contributed by atoms with Gasteiger partial charge in [-0.1, -0.05) is 19.3 Å². The van der Waals surface area contributed by atoms with Gasteiger partial charge in [0.1, 0.15) is 0 Å². The van der Waals surface area contributed by atoms with Gasteiger partial charge < -0.3 is 0 Å². The van der Waals surface area contributed by atoms with Crippen LogP contribution in [-0.2, 0) is 4.79 Å². The molecule has 1 aliphatic rings. The molecule has 1 rings (SSSR count). The van der Waals surface area contributed by atoms with Crippen LogP contribution in [0.25, 0.3) is 0 Å². The lowest BCUT2D eigenvalue weighted by Crippen LogP contribution is -2.16. The number of carbonyl (C=O) groups excluding carboxylic acids is 1. The summed E-state index contributed by atoms with van der Waals surface area (Å²) in [5.74, 6) is -0.552. The molecule has 0 amide bonds. The molecule has 1 nitrogen and oxygen atoms in total. The highest BCUT2D eigenvalue weighted by Gasteiger charge is 2.24. The summed E-state index contributed by atoms with van der Waals surface area (Å²) in [6.07, 6.45) is 0.811. The number of allylic oxidation sites excluding steroid dienone is 2. The second-order valence-corrected chi connectivity index (χ2v) is 3.61. The molecule has 0 aromatic carbocycles. The van der Waals surface area contributed by atoms with E-state index in [1.165, 1.54) is 0 Å². The zero-order valence-electron chi connectivity index (χ0n) is 7.81. The molecule has 0 unspecified atom stereocenters. The summed E-state index contributed by atoms with van der Waals surface area (Å²) in [5.41, 5.74) is 0. The van der Waals surface area contributed by atoms with Crippen LogP contribution in [0, 0.1) is 5.92 Å². The number of alkyl halides is 3. The third-order valence-electron chi connectivity index (χ3n) is 2.44. The van der Waals surface area contributed by atoms with Crippen LogP contribution in [-0.4, -0.2) is 12.0 Å². The fourth-order valence-corrected chi connectivity index (χ4v) is 1.70. The maximum absolute atomic E-state index is 11.7. The molecular weight excluding hydrogens is 193 g/mol. The zero-order chi connectivity index (χ0) is 10.6. The van der Waals surface area contributed by atoms with Gasteiger partial charge >= 0.3 is 6.18 Å². The van der Waals surface area contributed by atoms with Crippen LogP contribution in [0.4, 0.5) is 13.2 Å². The van der Waals surface area contributed by atoms with Gasteiger partial charge in [0.2, 0.25) is 0 Å². The van der Waals surface area contributed by atoms with E-state index < -0.39 is 6.18 Å². The second kappa shape index (κ2) is 4.62. The lowest BCUT2D eigenvalue weighted by molar-refractivity contribution is -0.119. The van der Waals surface area contributed by atoms with E-state index in [2.05, 4.69) is 0 Å². The van der Waals surface area contributed by atoms with Crippen LogP contribution < -0.4 is 0 Å². The van der Waals surface area contributed by atoms with Crippen LogP contribution >= 0.6 is 0 Å². The van der Waals surface area contributed by atoms with Crippen molar-refractivity contribution in [2.75, 3.05) is 0 Å². The van der Waals surface area contributed by atoms with Gasteiger partial charge in [0.25, 0.3) is 0 Å². The Kier molecular flexibility index (Phi) is 3.72. The molecule has 1 saturated carbocycles. The van der Waals surface area contributed by atoms with E-state index in [-0.39, 0.29) is 17.8 Å². The van der Waals surface area contributed by atoms with Crippen molar-refractivity contribution in [2.24, 2.45) is 5.92 Å². The fraction of sp³-hybridized carbons (Fsp3) is 0.700. The maximum Gasteiger partial charge on any atom is 0.409 e. The van der Waals surface area contributed by atoms with Gasteiger partial charge in [0, 0.05) is 12.0 Å². The van der Waals surface area contributed by atoms with Crippen LogP contribution in [0.2, 0.25) is 0 Å². The van der Waals surface area contributed by atoms with Crippen molar-refractivity contribution in [2.45, 2.75) is 38.3 Å². The third-order valence-corrected chi connectivity index (χ3v) is 2.44. The van der Waals surface area contributed by atoms with E-state index in [0.29, 0.717) is 6.08 Å². The Morgan fingerprint density at radius 2 is 1.71 bits per heavy atom. The standard InChI is InChI=1S/C10H13F3O/c11-10(12,13)7-6-9(14)8-4-2-1-3-5-8/h6-8H,1-5H2/b7-6+. The SMILES string of the molecule is O=C(/C=C/C(F)(F)F)C1CCCCC1.